The molecule has 4 nitrogen and oxygen atoms in total. The molecule has 1 amide bonds. The monoisotopic (exact) mass is 306 g/mol. The topological polar surface area (TPSA) is 64.7 Å². The van der Waals surface area contributed by atoms with E-state index < -0.39 is 11.7 Å². The number of nitrogens with zero attached hydrogens (tertiary/aromatic N) is 1. The van der Waals surface area contributed by atoms with Crippen molar-refractivity contribution in [2.75, 3.05) is 6.61 Å². The van der Waals surface area contributed by atoms with E-state index in [-0.39, 0.29) is 11.6 Å². The summed E-state index contributed by atoms with van der Waals surface area (Å²) in [6, 6.07) is 11.2. The van der Waals surface area contributed by atoms with Crippen molar-refractivity contribution in [2.45, 2.75) is 0 Å². The van der Waals surface area contributed by atoms with Crippen LogP contribution < -0.4 is 10.5 Å². The van der Waals surface area contributed by atoms with Gasteiger partial charge in [0.2, 0.25) is 0 Å². The fourth-order valence-electron chi connectivity index (χ4n) is 1.52. The molecule has 2 aromatic rings. The predicted octanol–water partition coefficient (Wildman–Crippen LogP) is 3.09. The molecule has 0 aliphatic heterocycles. The zero-order chi connectivity index (χ0) is 15.2. The highest BCUT2D eigenvalue weighted by Gasteiger charge is 2.00. The summed E-state index contributed by atoms with van der Waals surface area (Å²) in [6.07, 6.45) is 1.61. The molecule has 0 atom stereocenters. The molecule has 2 aromatic carbocycles. The van der Waals surface area contributed by atoms with Crippen molar-refractivity contribution < 1.29 is 13.9 Å². The van der Waals surface area contributed by atoms with Crippen molar-refractivity contribution >= 4 is 29.4 Å². The minimum atomic E-state index is -0.533. The van der Waals surface area contributed by atoms with E-state index in [1.807, 2.05) is 0 Å². The minimum absolute atomic E-state index is 0.0276. The summed E-state index contributed by atoms with van der Waals surface area (Å²) in [5, 5.41) is 0.0276. The van der Waals surface area contributed by atoms with Crippen LogP contribution in [-0.4, -0.2) is 18.7 Å². The number of carbonyl (C=O) groups excluding carboxylic acids is 1. The second-order valence-corrected chi connectivity index (χ2v) is 4.59. The van der Waals surface area contributed by atoms with Crippen molar-refractivity contribution in [3.63, 3.8) is 0 Å². The zero-order valence-electron chi connectivity index (χ0n) is 10.9. The van der Waals surface area contributed by atoms with Gasteiger partial charge in [0.1, 0.15) is 11.6 Å². The summed E-state index contributed by atoms with van der Waals surface area (Å²) in [6.45, 7) is -0.165. The molecule has 21 heavy (non-hydrogen) atoms. The summed E-state index contributed by atoms with van der Waals surface area (Å²) >= 11 is 5.67. The van der Waals surface area contributed by atoms with Gasteiger partial charge >= 0.3 is 0 Å². The third kappa shape index (κ3) is 4.57. The number of benzene rings is 2. The molecule has 0 unspecified atom stereocenters. The second-order valence-electron chi connectivity index (χ2n) is 4.18. The lowest BCUT2D eigenvalue weighted by Crippen LogP contribution is -2.19. The quantitative estimate of drug-likeness (QED) is 0.863. The normalized spacial score (nSPS) is 10.8. The van der Waals surface area contributed by atoms with E-state index in [0.29, 0.717) is 11.4 Å². The van der Waals surface area contributed by atoms with Crippen LogP contribution in [0.5, 0.6) is 5.75 Å². The average Bonchev–Trinajstić information content (AvgIpc) is 2.47. The maximum absolute atomic E-state index is 13.0. The number of nitrogens with two attached hydrogens (primary N) is 1. The number of hydrogen-bond acceptors (Lipinski definition) is 3. The van der Waals surface area contributed by atoms with E-state index in [9.17, 15) is 9.18 Å². The van der Waals surface area contributed by atoms with Crippen molar-refractivity contribution in [1.82, 2.24) is 0 Å². The molecule has 0 spiro atoms. The summed E-state index contributed by atoms with van der Waals surface area (Å²) in [5.74, 6) is -0.476. The Kier molecular flexibility index (Phi) is 4.90. The average molecular weight is 307 g/mol. The Labute approximate surface area is 126 Å². The highest BCUT2D eigenvalue weighted by atomic mass is 35.5. The molecule has 0 aliphatic rings. The van der Waals surface area contributed by atoms with Crippen molar-refractivity contribution in [3.8, 4) is 5.75 Å². The van der Waals surface area contributed by atoms with Gasteiger partial charge in [0, 0.05) is 6.21 Å². The molecule has 0 aromatic heterocycles. The van der Waals surface area contributed by atoms with E-state index >= 15 is 0 Å². The van der Waals surface area contributed by atoms with Gasteiger partial charge in [0.15, 0.2) is 6.61 Å². The molecule has 2 rings (SSSR count). The largest absolute Gasteiger partial charge is 0.484 e. The molecule has 0 radical (unpaired) electrons. The summed E-state index contributed by atoms with van der Waals surface area (Å²) < 4.78 is 18.1. The molecule has 0 saturated carbocycles. The summed E-state index contributed by atoms with van der Waals surface area (Å²) in [4.78, 5) is 14.8. The molecule has 0 fully saturated rings. The van der Waals surface area contributed by atoms with Gasteiger partial charge in [-0.05, 0) is 48.0 Å². The van der Waals surface area contributed by atoms with Crippen molar-refractivity contribution in [2.24, 2.45) is 10.7 Å². The Bertz CT molecular complexity index is 672. The maximum atomic E-state index is 13.0. The lowest BCUT2D eigenvalue weighted by atomic mass is 10.2. The number of amides is 1. The first-order valence-corrected chi connectivity index (χ1v) is 6.42. The summed E-state index contributed by atoms with van der Waals surface area (Å²) in [5.41, 5.74) is 6.36. The molecule has 0 bridgehead atoms. The van der Waals surface area contributed by atoms with Crippen LogP contribution in [0.4, 0.5) is 10.1 Å². The molecule has 0 saturated heterocycles. The Morgan fingerprint density at radius 1 is 1.29 bits per heavy atom. The van der Waals surface area contributed by atoms with Gasteiger partial charge in [-0.25, -0.2) is 4.39 Å². The van der Waals surface area contributed by atoms with Gasteiger partial charge < -0.3 is 10.5 Å². The van der Waals surface area contributed by atoms with Gasteiger partial charge in [-0.1, -0.05) is 11.6 Å². The number of halogens is 2. The second kappa shape index (κ2) is 6.85. The molecule has 0 heterocycles. The number of carbonyl (C=O) groups is 1. The predicted molar refractivity (Wildman–Crippen MR) is 79.8 cm³/mol. The van der Waals surface area contributed by atoms with Crippen LogP contribution in [0.3, 0.4) is 0 Å². The lowest BCUT2D eigenvalue weighted by Gasteiger charge is -2.03. The maximum Gasteiger partial charge on any atom is 0.255 e. The van der Waals surface area contributed by atoms with Crippen molar-refractivity contribution in [3.05, 3.63) is 58.9 Å². The standard InChI is InChI=1S/C15H12ClFN2O2/c16-13-7-11(3-6-14(13)17)19-8-10-1-4-12(5-2-10)21-9-15(18)20/h1-8H,9H2,(H2,18,20). The number of rotatable bonds is 5. The first-order chi connectivity index (χ1) is 10.0. The molecule has 0 aliphatic carbocycles. The van der Waals surface area contributed by atoms with E-state index in [0.717, 1.165) is 5.56 Å². The van der Waals surface area contributed by atoms with Gasteiger partial charge in [-0.2, -0.15) is 0 Å². The van der Waals surface area contributed by atoms with E-state index in [4.69, 9.17) is 22.1 Å². The van der Waals surface area contributed by atoms with Gasteiger partial charge in [-0.3, -0.25) is 9.79 Å². The Morgan fingerprint density at radius 2 is 2.00 bits per heavy atom. The smallest absolute Gasteiger partial charge is 0.255 e. The Morgan fingerprint density at radius 3 is 2.62 bits per heavy atom. The van der Waals surface area contributed by atoms with Gasteiger partial charge in [-0.15, -0.1) is 0 Å². The number of primary amides is 1. The third-order valence-corrected chi connectivity index (χ3v) is 2.82. The zero-order valence-corrected chi connectivity index (χ0v) is 11.7. The van der Waals surface area contributed by atoms with E-state index in [1.54, 1.807) is 30.5 Å². The number of ether oxygens (including phenoxy) is 1. The Hall–Kier alpha value is -2.40. The molecule has 108 valence electrons. The first kappa shape index (κ1) is 15.0. The van der Waals surface area contributed by atoms with E-state index in [2.05, 4.69) is 4.99 Å². The van der Waals surface area contributed by atoms with Crippen LogP contribution in [0.2, 0.25) is 5.02 Å². The first-order valence-electron chi connectivity index (χ1n) is 6.05. The van der Waals surface area contributed by atoms with E-state index in [1.165, 1.54) is 18.2 Å². The minimum Gasteiger partial charge on any atom is -0.484 e. The number of aliphatic imine (C=N–C) groups is 1. The van der Waals surface area contributed by atoms with Crippen LogP contribution in [0.25, 0.3) is 0 Å². The molecular formula is C15H12ClFN2O2. The number of hydrogen-bond donors (Lipinski definition) is 1. The van der Waals surface area contributed by atoms with Gasteiger partial charge in [0.05, 0.1) is 10.7 Å². The SMILES string of the molecule is NC(=O)COc1ccc(C=Nc2ccc(F)c(Cl)c2)cc1. The van der Waals surface area contributed by atoms with Crippen LogP contribution in [0.1, 0.15) is 5.56 Å². The Balaban J connectivity index is 2.03. The van der Waals surface area contributed by atoms with Crippen LogP contribution in [0, 0.1) is 5.82 Å². The summed E-state index contributed by atoms with van der Waals surface area (Å²) in [7, 11) is 0. The van der Waals surface area contributed by atoms with Gasteiger partial charge in [0.25, 0.3) is 5.91 Å². The van der Waals surface area contributed by atoms with Crippen LogP contribution in [-0.2, 0) is 4.79 Å². The molecule has 6 heteroatoms. The fraction of sp³-hybridized carbons (Fsp3) is 0.0667. The fourth-order valence-corrected chi connectivity index (χ4v) is 1.69. The highest BCUT2D eigenvalue weighted by molar-refractivity contribution is 6.31. The van der Waals surface area contributed by atoms with Crippen LogP contribution in [0.15, 0.2) is 47.5 Å². The van der Waals surface area contributed by atoms with Crippen LogP contribution >= 0.6 is 11.6 Å². The third-order valence-electron chi connectivity index (χ3n) is 2.53. The molecular weight excluding hydrogens is 295 g/mol. The highest BCUT2D eigenvalue weighted by Crippen LogP contribution is 2.21. The lowest BCUT2D eigenvalue weighted by molar-refractivity contribution is -0.119. The van der Waals surface area contributed by atoms with Crippen molar-refractivity contribution in [1.29, 1.82) is 0 Å². The molecule has 2 N–H and O–H groups in total.